The van der Waals surface area contributed by atoms with Crippen molar-refractivity contribution in [3.8, 4) is 0 Å². The Bertz CT molecular complexity index is 725. The summed E-state index contributed by atoms with van der Waals surface area (Å²) < 4.78 is 2.01. The Labute approximate surface area is 148 Å². The van der Waals surface area contributed by atoms with E-state index in [0.29, 0.717) is 11.5 Å². The lowest BCUT2D eigenvalue weighted by molar-refractivity contribution is 0.0771. The molecule has 1 amide bonds. The minimum atomic E-state index is -0.466. The Balaban J connectivity index is 1.73. The largest absolute Gasteiger partial charge is 0.391 e. The van der Waals surface area contributed by atoms with Crippen LogP contribution in [0.1, 0.15) is 62.7 Å². The molecule has 2 aromatic heterocycles. The van der Waals surface area contributed by atoms with Crippen LogP contribution in [0.15, 0.2) is 18.6 Å². The highest BCUT2D eigenvalue weighted by Crippen LogP contribution is 2.19. The van der Waals surface area contributed by atoms with Gasteiger partial charge < -0.3 is 15.0 Å². The molecule has 1 aliphatic carbocycles. The molecule has 0 saturated heterocycles. The zero-order valence-corrected chi connectivity index (χ0v) is 15.1. The summed E-state index contributed by atoms with van der Waals surface area (Å²) in [6.45, 7) is 5.14. The number of hydrogen-bond donors (Lipinski definition) is 2. The second kappa shape index (κ2) is 7.95. The van der Waals surface area contributed by atoms with E-state index in [2.05, 4.69) is 29.1 Å². The summed E-state index contributed by atoms with van der Waals surface area (Å²) in [6, 6.07) is 1.60. The van der Waals surface area contributed by atoms with Crippen molar-refractivity contribution < 1.29 is 9.90 Å². The zero-order chi connectivity index (χ0) is 17.8. The van der Waals surface area contributed by atoms with E-state index < -0.39 is 6.10 Å². The van der Waals surface area contributed by atoms with Crippen molar-refractivity contribution in [3.63, 3.8) is 0 Å². The fraction of sp³-hybridized carbons (Fsp3) is 0.632. The Kier molecular flexibility index (Phi) is 5.68. The number of aromatic nitrogens is 3. The van der Waals surface area contributed by atoms with Crippen molar-refractivity contribution in [1.82, 2.24) is 19.9 Å². The lowest BCUT2D eigenvalue weighted by Crippen LogP contribution is -2.43. The third kappa shape index (κ3) is 4.37. The Morgan fingerprint density at radius 1 is 1.28 bits per heavy atom. The van der Waals surface area contributed by atoms with Gasteiger partial charge in [0.05, 0.1) is 24.0 Å². The molecule has 6 nitrogen and oxygen atoms in total. The number of pyridine rings is 1. The lowest BCUT2D eigenvalue weighted by atomic mass is 9.94. The molecule has 25 heavy (non-hydrogen) atoms. The highest BCUT2D eigenvalue weighted by Gasteiger charge is 2.23. The van der Waals surface area contributed by atoms with Gasteiger partial charge in [0.15, 0.2) is 5.65 Å². The van der Waals surface area contributed by atoms with Crippen LogP contribution in [0.3, 0.4) is 0 Å². The van der Waals surface area contributed by atoms with Crippen molar-refractivity contribution in [1.29, 1.82) is 0 Å². The summed E-state index contributed by atoms with van der Waals surface area (Å²) in [7, 11) is 0. The van der Waals surface area contributed by atoms with E-state index in [1.165, 1.54) is 6.42 Å². The number of imidazole rings is 1. The SMILES string of the molecule is CC(C)Cn1cnc2cc(C(=O)N[C@H]3CCCCCC[C@@H]3O)cnc21. The molecule has 2 N–H and O–H groups in total. The molecule has 0 aliphatic heterocycles. The fourth-order valence-electron chi connectivity index (χ4n) is 3.48. The number of carbonyl (C=O) groups is 1. The first-order chi connectivity index (χ1) is 12.0. The average molecular weight is 344 g/mol. The van der Waals surface area contributed by atoms with E-state index in [9.17, 15) is 9.90 Å². The smallest absolute Gasteiger partial charge is 0.253 e. The number of nitrogens with zero attached hydrogens (tertiary/aromatic N) is 3. The maximum absolute atomic E-state index is 12.6. The second-order valence-electron chi connectivity index (χ2n) is 7.50. The predicted molar refractivity (Wildman–Crippen MR) is 97.3 cm³/mol. The molecule has 2 aromatic rings. The Hall–Kier alpha value is -1.95. The van der Waals surface area contributed by atoms with Gasteiger partial charge in [-0.25, -0.2) is 9.97 Å². The monoisotopic (exact) mass is 344 g/mol. The minimum absolute atomic E-state index is 0.179. The van der Waals surface area contributed by atoms with E-state index in [1.807, 2.05) is 4.57 Å². The molecule has 0 aromatic carbocycles. The molecule has 1 saturated carbocycles. The Morgan fingerprint density at radius 2 is 2.04 bits per heavy atom. The van der Waals surface area contributed by atoms with Gasteiger partial charge in [-0.05, 0) is 24.8 Å². The summed E-state index contributed by atoms with van der Waals surface area (Å²) in [6.07, 6.45) is 8.88. The molecule has 6 heteroatoms. The highest BCUT2D eigenvalue weighted by atomic mass is 16.3. The van der Waals surface area contributed by atoms with Crippen LogP contribution >= 0.6 is 0 Å². The van der Waals surface area contributed by atoms with Gasteiger partial charge in [0.25, 0.3) is 5.91 Å². The standard InChI is InChI=1S/C19H28N4O2/c1-13(2)11-23-12-21-16-9-14(10-20-18(16)23)19(25)22-15-7-5-3-4-6-8-17(15)24/h9-10,12-13,15,17,24H,3-8,11H2,1-2H3,(H,22,25)/t15-,17-/m0/s1. The van der Waals surface area contributed by atoms with Crippen LogP contribution < -0.4 is 5.32 Å². The molecule has 0 radical (unpaired) electrons. The summed E-state index contributed by atoms with van der Waals surface area (Å²) in [5, 5.41) is 13.3. The molecular formula is C19H28N4O2. The van der Waals surface area contributed by atoms with Gasteiger partial charge in [-0.15, -0.1) is 0 Å². The van der Waals surface area contributed by atoms with E-state index >= 15 is 0 Å². The van der Waals surface area contributed by atoms with Crippen LogP contribution in [0, 0.1) is 5.92 Å². The topological polar surface area (TPSA) is 80.0 Å². The first kappa shape index (κ1) is 17.9. The number of aliphatic hydroxyl groups is 1. The third-order valence-corrected chi connectivity index (χ3v) is 4.83. The van der Waals surface area contributed by atoms with Crippen LogP contribution in [-0.2, 0) is 6.54 Å². The van der Waals surface area contributed by atoms with Crippen LogP contribution in [0.4, 0.5) is 0 Å². The highest BCUT2D eigenvalue weighted by molar-refractivity contribution is 5.96. The average Bonchev–Trinajstić information content (AvgIpc) is 2.96. The number of hydrogen-bond acceptors (Lipinski definition) is 4. The van der Waals surface area contributed by atoms with Gasteiger partial charge in [-0.3, -0.25) is 4.79 Å². The number of fused-ring (bicyclic) bond motifs is 1. The molecule has 0 unspecified atom stereocenters. The molecule has 2 heterocycles. The quantitative estimate of drug-likeness (QED) is 0.894. The zero-order valence-electron chi connectivity index (χ0n) is 15.1. The number of aliphatic hydroxyl groups excluding tert-OH is 1. The molecule has 1 fully saturated rings. The van der Waals surface area contributed by atoms with Crippen LogP contribution in [0.25, 0.3) is 11.2 Å². The van der Waals surface area contributed by atoms with Gasteiger partial charge in [-0.1, -0.05) is 39.5 Å². The number of amides is 1. The van der Waals surface area contributed by atoms with Crippen molar-refractivity contribution in [3.05, 3.63) is 24.2 Å². The predicted octanol–water partition coefficient (Wildman–Crippen LogP) is 2.90. The minimum Gasteiger partial charge on any atom is -0.391 e. The summed E-state index contributed by atoms with van der Waals surface area (Å²) >= 11 is 0. The van der Waals surface area contributed by atoms with Crippen LogP contribution in [0.2, 0.25) is 0 Å². The van der Waals surface area contributed by atoms with Gasteiger partial charge in [-0.2, -0.15) is 0 Å². The molecule has 136 valence electrons. The molecular weight excluding hydrogens is 316 g/mol. The van der Waals surface area contributed by atoms with Crippen molar-refractivity contribution in [2.45, 2.75) is 71.1 Å². The normalized spacial score (nSPS) is 21.9. The van der Waals surface area contributed by atoms with Gasteiger partial charge in [0.2, 0.25) is 0 Å². The number of nitrogens with one attached hydrogen (secondary N) is 1. The first-order valence-corrected chi connectivity index (χ1v) is 9.34. The molecule has 0 spiro atoms. The van der Waals surface area contributed by atoms with Gasteiger partial charge in [0, 0.05) is 12.7 Å². The van der Waals surface area contributed by atoms with Gasteiger partial charge >= 0.3 is 0 Å². The van der Waals surface area contributed by atoms with E-state index in [1.54, 1.807) is 18.6 Å². The summed E-state index contributed by atoms with van der Waals surface area (Å²) in [4.78, 5) is 21.4. The third-order valence-electron chi connectivity index (χ3n) is 4.83. The molecule has 2 atom stereocenters. The van der Waals surface area contributed by atoms with Crippen molar-refractivity contribution in [2.75, 3.05) is 0 Å². The van der Waals surface area contributed by atoms with Crippen molar-refractivity contribution in [2.24, 2.45) is 5.92 Å². The van der Waals surface area contributed by atoms with Crippen LogP contribution in [0.5, 0.6) is 0 Å². The second-order valence-corrected chi connectivity index (χ2v) is 7.50. The molecule has 0 bridgehead atoms. The van der Waals surface area contributed by atoms with Crippen LogP contribution in [-0.4, -0.2) is 37.7 Å². The lowest BCUT2D eigenvalue weighted by Gasteiger charge is -2.26. The fourth-order valence-corrected chi connectivity index (χ4v) is 3.48. The molecule has 1 aliphatic rings. The Morgan fingerprint density at radius 3 is 2.80 bits per heavy atom. The van der Waals surface area contributed by atoms with Crippen molar-refractivity contribution >= 4 is 17.1 Å². The van der Waals surface area contributed by atoms with E-state index in [4.69, 9.17) is 0 Å². The number of carbonyl (C=O) groups excluding carboxylic acids is 1. The summed E-state index contributed by atoms with van der Waals surface area (Å²) in [5.74, 6) is 0.320. The maximum atomic E-state index is 12.6. The first-order valence-electron chi connectivity index (χ1n) is 9.34. The van der Waals surface area contributed by atoms with E-state index in [-0.39, 0.29) is 11.9 Å². The number of rotatable bonds is 4. The van der Waals surface area contributed by atoms with E-state index in [0.717, 1.165) is 49.8 Å². The van der Waals surface area contributed by atoms with Gasteiger partial charge in [0.1, 0.15) is 5.52 Å². The maximum Gasteiger partial charge on any atom is 0.253 e. The molecule has 3 rings (SSSR count). The summed E-state index contributed by atoms with van der Waals surface area (Å²) in [5.41, 5.74) is 2.03.